The number of fused-ring (bicyclic) bond motifs is 4. The second kappa shape index (κ2) is 3.93. The van der Waals surface area contributed by atoms with Gasteiger partial charge in [-0.2, -0.15) is 0 Å². The zero-order chi connectivity index (χ0) is 13.0. The molecule has 2 aliphatic heterocycles. The van der Waals surface area contributed by atoms with Crippen LogP contribution in [0, 0.1) is 3.57 Å². The van der Waals surface area contributed by atoms with E-state index in [4.69, 9.17) is 4.98 Å². The van der Waals surface area contributed by atoms with E-state index in [1.807, 2.05) is 6.07 Å². The molecule has 0 saturated heterocycles. The van der Waals surface area contributed by atoms with Gasteiger partial charge in [0, 0.05) is 27.1 Å². The summed E-state index contributed by atoms with van der Waals surface area (Å²) in [5.41, 5.74) is 3.52. The van der Waals surface area contributed by atoms with Gasteiger partial charge in [0.05, 0.1) is 5.52 Å². The number of aryl methyl sites for hydroxylation is 1. The molecule has 0 saturated carbocycles. The third kappa shape index (κ3) is 1.57. The minimum atomic E-state index is 1.05. The van der Waals surface area contributed by atoms with Crippen LogP contribution in [0.5, 0.6) is 0 Å². The lowest BCUT2D eigenvalue weighted by Crippen LogP contribution is -1.99. The van der Waals surface area contributed by atoms with Gasteiger partial charge < -0.3 is 4.57 Å². The Morgan fingerprint density at radius 1 is 1.05 bits per heavy atom. The molecule has 0 radical (unpaired) electrons. The molecule has 92 valence electrons. The molecular weight excluding hydrogens is 347 g/mol. The maximum absolute atomic E-state index is 4.75. The van der Waals surface area contributed by atoms with Gasteiger partial charge >= 0.3 is 0 Å². The average Bonchev–Trinajstić information content (AvgIpc) is 2.78. The summed E-state index contributed by atoms with van der Waals surface area (Å²) < 4.78 is 3.44. The van der Waals surface area contributed by atoms with Gasteiger partial charge in [0.2, 0.25) is 0 Å². The van der Waals surface area contributed by atoms with Crippen molar-refractivity contribution < 1.29 is 0 Å². The number of rotatable bonds is 0. The van der Waals surface area contributed by atoms with Gasteiger partial charge in [-0.1, -0.05) is 18.2 Å². The lowest BCUT2D eigenvalue weighted by Gasteiger charge is -2.11. The van der Waals surface area contributed by atoms with Crippen molar-refractivity contribution in [2.45, 2.75) is 0 Å². The van der Waals surface area contributed by atoms with Crippen molar-refractivity contribution in [1.82, 2.24) is 9.55 Å². The predicted molar refractivity (Wildman–Crippen MR) is 87.6 cm³/mol. The molecule has 0 aromatic heterocycles. The number of pyridine rings is 1. The van der Waals surface area contributed by atoms with Crippen molar-refractivity contribution in [2.24, 2.45) is 7.05 Å². The van der Waals surface area contributed by atoms with E-state index in [0.29, 0.717) is 0 Å². The molecule has 2 aromatic rings. The van der Waals surface area contributed by atoms with E-state index in [1.165, 1.54) is 25.4 Å². The summed E-state index contributed by atoms with van der Waals surface area (Å²) in [5.74, 6) is 1.05. The summed E-state index contributed by atoms with van der Waals surface area (Å²) in [4.78, 5) is 4.75. The highest BCUT2D eigenvalue weighted by Gasteiger charge is 2.15. The third-order valence-electron chi connectivity index (χ3n) is 3.63. The van der Waals surface area contributed by atoms with Crippen LogP contribution < -0.4 is 0 Å². The molecule has 0 atom stereocenters. The normalized spacial score (nSPS) is 11.7. The van der Waals surface area contributed by atoms with Crippen LogP contribution in [0.1, 0.15) is 0 Å². The smallest absolute Gasteiger partial charge is 0.141 e. The molecule has 0 spiro atoms. The minimum Gasteiger partial charge on any atom is -0.328 e. The van der Waals surface area contributed by atoms with Crippen molar-refractivity contribution in [3.8, 4) is 11.4 Å². The van der Waals surface area contributed by atoms with Crippen molar-refractivity contribution in [3.05, 3.63) is 52.1 Å². The van der Waals surface area contributed by atoms with Crippen LogP contribution in [0.3, 0.4) is 0 Å². The average molecular weight is 358 g/mol. The first kappa shape index (κ1) is 11.2. The van der Waals surface area contributed by atoms with E-state index < -0.39 is 0 Å². The highest BCUT2D eigenvalue weighted by atomic mass is 127. The molecule has 0 amide bonds. The lowest BCUT2D eigenvalue weighted by atomic mass is 10.1. The quantitative estimate of drug-likeness (QED) is 0.425. The van der Waals surface area contributed by atoms with Crippen LogP contribution in [-0.4, -0.2) is 9.55 Å². The molecule has 0 N–H and O–H groups in total. The molecule has 0 fully saturated rings. The highest BCUT2D eigenvalue weighted by molar-refractivity contribution is 14.1. The molecule has 2 aromatic carbocycles. The van der Waals surface area contributed by atoms with Gasteiger partial charge in [-0.15, -0.1) is 0 Å². The van der Waals surface area contributed by atoms with E-state index in [2.05, 4.69) is 76.7 Å². The van der Waals surface area contributed by atoms with Gasteiger partial charge in [-0.3, -0.25) is 0 Å². The fourth-order valence-corrected chi connectivity index (χ4v) is 3.22. The van der Waals surface area contributed by atoms with E-state index in [-0.39, 0.29) is 0 Å². The molecule has 2 nitrogen and oxygen atoms in total. The fourth-order valence-electron chi connectivity index (χ4n) is 2.71. The van der Waals surface area contributed by atoms with Gasteiger partial charge in [0.25, 0.3) is 0 Å². The second-order valence-electron chi connectivity index (χ2n) is 4.77. The Kier molecular flexibility index (Phi) is 2.33. The molecule has 2 aliphatic rings. The van der Waals surface area contributed by atoms with Crippen LogP contribution in [0.2, 0.25) is 0 Å². The molecule has 19 heavy (non-hydrogen) atoms. The van der Waals surface area contributed by atoms with Crippen molar-refractivity contribution in [2.75, 3.05) is 0 Å². The van der Waals surface area contributed by atoms with Gasteiger partial charge in [-0.05, 0) is 58.3 Å². The summed E-state index contributed by atoms with van der Waals surface area (Å²) in [7, 11) is 2.09. The maximum Gasteiger partial charge on any atom is 0.141 e. The molecule has 4 rings (SSSR count). The first-order valence-electron chi connectivity index (χ1n) is 6.17. The van der Waals surface area contributed by atoms with Crippen LogP contribution in [-0.2, 0) is 7.05 Å². The number of hydrogen-bond donors (Lipinski definition) is 0. The summed E-state index contributed by atoms with van der Waals surface area (Å²) in [5, 5.41) is 2.49. The third-order valence-corrected chi connectivity index (χ3v) is 4.30. The molecule has 3 heteroatoms. The topological polar surface area (TPSA) is 17.8 Å². The zero-order valence-corrected chi connectivity index (χ0v) is 12.5. The van der Waals surface area contributed by atoms with Gasteiger partial charge in [0.15, 0.2) is 0 Å². The number of halogens is 1. The maximum atomic E-state index is 4.75. The predicted octanol–water partition coefficient (Wildman–Crippen LogP) is 4.44. The Bertz CT molecular complexity index is 892. The Morgan fingerprint density at radius 2 is 1.89 bits per heavy atom. The molecule has 2 heterocycles. The standard InChI is InChI=1S/C16H11IN2/c1-19-15-7-6-11(17)8-10(15)9-13-12-4-2-3-5-14(12)18-16(13)19/h2-9H,1H3. The number of benzene rings is 2. The van der Waals surface area contributed by atoms with Gasteiger partial charge in [-0.25, -0.2) is 4.98 Å². The summed E-state index contributed by atoms with van der Waals surface area (Å²) in [6.07, 6.45) is 0. The number of nitrogens with zero attached hydrogens (tertiary/aromatic N) is 2. The minimum absolute atomic E-state index is 1.05. The zero-order valence-electron chi connectivity index (χ0n) is 10.4. The summed E-state index contributed by atoms with van der Waals surface area (Å²) in [6.45, 7) is 0. The Hall–Kier alpha value is -1.62. The monoisotopic (exact) mass is 358 g/mol. The van der Waals surface area contributed by atoms with E-state index in [0.717, 1.165) is 11.3 Å². The number of para-hydroxylation sites is 1. The fraction of sp³-hybridized carbons (Fsp3) is 0.0625. The highest BCUT2D eigenvalue weighted by Crippen LogP contribution is 2.34. The molecule has 0 aliphatic carbocycles. The molecular formula is C16H11IN2. The molecule has 0 bridgehead atoms. The SMILES string of the molecule is Cn1c2nc3ccccc3c-2cc2cc(I)ccc21. The van der Waals surface area contributed by atoms with Crippen molar-refractivity contribution >= 4 is 44.4 Å². The van der Waals surface area contributed by atoms with Crippen LogP contribution in [0.15, 0.2) is 48.5 Å². The van der Waals surface area contributed by atoms with E-state index in [9.17, 15) is 0 Å². The Balaban J connectivity index is 2.26. The number of hydrogen-bond acceptors (Lipinski definition) is 1. The summed E-state index contributed by atoms with van der Waals surface area (Å²) >= 11 is 2.36. The largest absolute Gasteiger partial charge is 0.328 e. The Morgan fingerprint density at radius 3 is 2.79 bits per heavy atom. The van der Waals surface area contributed by atoms with Crippen molar-refractivity contribution in [1.29, 1.82) is 0 Å². The second-order valence-corrected chi connectivity index (χ2v) is 6.02. The first-order chi connectivity index (χ1) is 9.24. The van der Waals surface area contributed by atoms with E-state index in [1.54, 1.807) is 0 Å². The van der Waals surface area contributed by atoms with E-state index >= 15 is 0 Å². The van der Waals surface area contributed by atoms with Gasteiger partial charge in [0.1, 0.15) is 5.82 Å². The van der Waals surface area contributed by atoms with Crippen LogP contribution in [0.25, 0.3) is 33.2 Å². The Labute approximate surface area is 124 Å². The summed E-state index contributed by atoms with van der Waals surface area (Å²) in [6, 6.07) is 17.1. The first-order valence-corrected chi connectivity index (χ1v) is 7.25. The van der Waals surface area contributed by atoms with Crippen LogP contribution >= 0.6 is 22.6 Å². The molecule has 0 unspecified atom stereocenters. The number of aromatic nitrogens is 2. The lowest BCUT2D eigenvalue weighted by molar-refractivity contribution is 0.939. The van der Waals surface area contributed by atoms with Crippen molar-refractivity contribution in [3.63, 3.8) is 0 Å². The van der Waals surface area contributed by atoms with Crippen LogP contribution in [0.4, 0.5) is 0 Å².